The zero-order valence-electron chi connectivity index (χ0n) is 22.5. The van der Waals surface area contributed by atoms with E-state index in [-0.39, 0.29) is 23.7 Å². The monoisotopic (exact) mass is 655 g/mol. The van der Waals surface area contributed by atoms with Gasteiger partial charge in [-0.05, 0) is 23.6 Å². The molecule has 0 saturated carbocycles. The van der Waals surface area contributed by atoms with Gasteiger partial charge in [0, 0.05) is 50.2 Å². The van der Waals surface area contributed by atoms with Gasteiger partial charge in [0.05, 0.1) is 28.7 Å². The van der Waals surface area contributed by atoms with E-state index in [0.717, 1.165) is 26.5 Å². The maximum absolute atomic E-state index is 13.1. The number of alkyl halides is 3. The second kappa shape index (κ2) is 11.4. The molecule has 2 atom stereocenters. The number of sulfonamides is 1. The van der Waals surface area contributed by atoms with Crippen LogP contribution in [0.15, 0.2) is 52.2 Å². The predicted octanol–water partition coefficient (Wildman–Crippen LogP) is 3.86. The number of rotatable bonds is 6. The fourth-order valence-corrected chi connectivity index (χ4v) is 8.33. The number of anilines is 1. The van der Waals surface area contributed by atoms with E-state index < -0.39 is 22.2 Å². The number of nitrogens with one attached hydrogen (secondary N) is 1. The van der Waals surface area contributed by atoms with Crippen LogP contribution in [0.3, 0.4) is 0 Å². The molecule has 1 aromatic carbocycles. The summed E-state index contributed by atoms with van der Waals surface area (Å²) in [6, 6.07) is 10.9. The molecule has 0 aliphatic carbocycles. The average Bonchev–Trinajstić information content (AvgIpc) is 3.78. The number of imide groups is 1. The third-order valence-corrected chi connectivity index (χ3v) is 11.3. The largest absolute Gasteiger partial charge is 0.490 e. The number of H-pyrrole nitrogens is 1. The van der Waals surface area contributed by atoms with Crippen LogP contribution in [-0.2, 0) is 31.0 Å². The zero-order valence-corrected chi connectivity index (χ0v) is 25.0. The highest BCUT2D eigenvalue weighted by atomic mass is 32.2. The second-order valence-corrected chi connectivity index (χ2v) is 14.2. The molecule has 0 bridgehead atoms. The van der Waals surface area contributed by atoms with Crippen molar-refractivity contribution in [2.45, 2.75) is 16.9 Å². The molecule has 0 spiro atoms. The van der Waals surface area contributed by atoms with Crippen LogP contribution in [0.4, 0.5) is 18.9 Å². The minimum atomic E-state index is -5.08. The van der Waals surface area contributed by atoms with Crippen molar-refractivity contribution in [2.75, 3.05) is 31.5 Å². The van der Waals surface area contributed by atoms with Crippen molar-refractivity contribution in [3.63, 3.8) is 0 Å². The topological polar surface area (TPSA) is 144 Å². The molecule has 6 rings (SSSR count). The molecule has 11 nitrogen and oxygen atoms in total. The van der Waals surface area contributed by atoms with Gasteiger partial charge in [0.25, 0.3) is 10.0 Å². The standard InChI is InChI=1S/C24H23N5O4S3.C2HF3O2/c1-27-23(30)16-12-29(13-17(16)24(27)31)11-15-10-25-22(35-15)18-9-14-5-3-6-19(21(14)26-18)28(2)36(32,33)20-7-4-8-34-20;3-2(4,5)1(6)7/h3-10,16-17,26H,11-13H2,1-2H3;(H,6,7). The van der Waals surface area contributed by atoms with Crippen LogP contribution in [-0.4, -0.2) is 84.4 Å². The van der Waals surface area contributed by atoms with Crippen LogP contribution in [0.25, 0.3) is 21.6 Å². The van der Waals surface area contributed by atoms with Gasteiger partial charge in [0.2, 0.25) is 11.8 Å². The third kappa shape index (κ3) is 5.89. The van der Waals surface area contributed by atoms with Crippen LogP contribution in [0.2, 0.25) is 0 Å². The number of halogens is 3. The van der Waals surface area contributed by atoms with E-state index >= 15 is 0 Å². The Morgan fingerprint density at radius 2 is 1.81 bits per heavy atom. The Morgan fingerprint density at radius 3 is 2.40 bits per heavy atom. The fourth-order valence-electron chi connectivity index (χ4n) is 5.04. The van der Waals surface area contributed by atoms with Gasteiger partial charge in [0.1, 0.15) is 9.22 Å². The summed E-state index contributed by atoms with van der Waals surface area (Å²) in [5.74, 6) is -3.42. The van der Waals surface area contributed by atoms with E-state index in [1.165, 1.54) is 20.5 Å². The summed E-state index contributed by atoms with van der Waals surface area (Å²) < 4.78 is 59.5. The number of thiazole rings is 1. The van der Waals surface area contributed by atoms with E-state index in [2.05, 4.69) is 14.9 Å². The van der Waals surface area contributed by atoms with E-state index in [0.29, 0.717) is 29.5 Å². The maximum atomic E-state index is 13.1. The summed E-state index contributed by atoms with van der Waals surface area (Å²) in [7, 11) is -0.541. The van der Waals surface area contributed by atoms with Crippen LogP contribution < -0.4 is 4.31 Å². The van der Waals surface area contributed by atoms with Gasteiger partial charge < -0.3 is 10.1 Å². The van der Waals surface area contributed by atoms with Crippen molar-refractivity contribution in [1.82, 2.24) is 19.8 Å². The Labute approximate surface area is 251 Å². The second-order valence-electron chi connectivity index (χ2n) is 9.91. The minimum Gasteiger partial charge on any atom is -0.475 e. The molecule has 228 valence electrons. The number of carbonyl (C=O) groups excluding carboxylic acids is 2. The third-order valence-electron chi connectivity index (χ3n) is 7.18. The van der Waals surface area contributed by atoms with Gasteiger partial charge in [0.15, 0.2) is 0 Å². The predicted molar refractivity (Wildman–Crippen MR) is 153 cm³/mol. The van der Waals surface area contributed by atoms with E-state index in [9.17, 15) is 31.2 Å². The number of aromatic amines is 1. The number of carboxylic acid groups (broad SMARTS) is 1. The summed E-state index contributed by atoms with van der Waals surface area (Å²) in [4.78, 5) is 45.9. The highest BCUT2D eigenvalue weighted by molar-refractivity contribution is 7.94. The molecule has 2 amide bonds. The molecule has 3 aromatic heterocycles. The first-order chi connectivity index (χ1) is 20.2. The quantitative estimate of drug-likeness (QED) is 0.298. The lowest BCUT2D eigenvalue weighted by Gasteiger charge is -2.19. The summed E-state index contributed by atoms with van der Waals surface area (Å²) in [6.07, 6.45) is -3.26. The first-order valence-electron chi connectivity index (χ1n) is 12.6. The lowest BCUT2D eigenvalue weighted by atomic mass is 10.00. The van der Waals surface area contributed by atoms with Gasteiger partial charge in [-0.2, -0.15) is 13.2 Å². The number of hydrogen-bond acceptors (Lipinski definition) is 9. The maximum Gasteiger partial charge on any atom is 0.490 e. The molecule has 2 fully saturated rings. The van der Waals surface area contributed by atoms with Crippen molar-refractivity contribution >= 4 is 67.1 Å². The molecule has 4 aromatic rings. The van der Waals surface area contributed by atoms with Crippen molar-refractivity contribution in [1.29, 1.82) is 0 Å². The van der Waals surface area contributed by atoms with Crippen LogP contribution in [0.1, 0.15) is 4.88 Å². The van der Waals surface area contributed by atoms with E-state index in [4.69, 9.17) is 9.90 Å². The molecule has 2 N–H and O–H groups in total. The number of nitrogens with zero attached hydrogens (tertiary/aromatic N) is 4. The number of likely N-dealkylation sites (tertiary alicyclic amines) is 2. The summed E-state index contributed by atoms with van der Waals surface area (Å²) in [5, 5.41) is 10.6. The summed E-state index contributed by atoms with van der Waals surface area (Å²) in [6.45, 7) is 1.78. The number of para-hydroxylation sites is 1. The Kier molecular flexibility index (Phi) is 8.10. The number of carbonyl (C=O) groups is 3. The molecule has 2 unspecified atom stereocenters. The Balaban J connectivity index is 0.000000472. The van der Waals surface area contributed by atoms with Gasteiger partial charge >= 0.3 is 12.1 Å². The lowest BCUT2D eigenvalue weighted by molar-refractivity contribution is -0.192. The number of fused-ring (bicyclic) bond motifs is 2. The molecule has 17 heteroatoms. The van der Waals surface area contributed by atoms with Crippen molar-refractivity contribution in [3.05, 3.63) is 52.9 Å². The number of benzene rings is 1. The summed E-state index contributed by atoms with van der Waals surface area (Å²) >= 11 is 2.73. The number of aromatic nitrogens is 2. The van der Waals surface area contributed by atoms with Gasteiger partial charge in [-0.25, -0.2) is 18.2 Å². The van der Waals surface area contributed by atoms with Crippen LogP contribution >= 0.6 is 22.7 Å². The first kappa shape index (κ1) is 30.7. The number of amides is 2. The number of hydrogen-bond donors (Lipinski definition) is 2. The highest BCUT2D eigenvalue weighted by Gasteiger charge is 2.50. The van der Waals surface area contributed by atoms with E-state index in [1.54, 1.807) is 49.0 Å². The minimum absolute atomic E-state index is 0.0857. The lowest BCUT2D eigenvalue weighted by Crippen LogP contribution is -2.32. The molecular weight excluding hydrogens is 632 g/mol. The molecule has 2 saturated heterocycles. The van der Waals surface area contributed by atoms with Crippen molar-refractivity contribution in [2.24, 2.45) is 11.8 Å². The SMILES string of the molecule is CN1C(=O)C2CN(Cc3cnc(-c4cc5cccc(N(C)S(=O)(=O)c6cccs6)c5[nH]4)s3)CC2C1=O.O=C(O)C(F)(F)F. The Bertz CT molecular complexity index is 1780. The normalized spacial score (nSPS) is 19.0. The molecule has 43 heavy (non-hydrogen) atoms. The smallest absolute Gasteiger partial charge is 0.475 e. The molecule has 0 radical (unpaired) electrons. The average molecular weight is 656 g/mol. The Morgan fingerprint density at radius 1 is 1.16 bits per heavy atom. The highest BCUT2D eigenvalue weighted by Crippen LogP contribution is 2.37. The van der Waals surface area contributed by atoms with Crippen molar-refractivity contribution < 1.29 is 41.1 Å². The summed E-state index contributed by atoms with van der Waals surface area (Å²) in [5.41, 5.74) is 2.09. The number of aliphatic carboxylic acids is 1. The molecule has 2 aliphatic heterocycles. The zero-order chi connectivity index (χ0) is 31.3. The Hall–Kier alpha value is -3.80. The van der Waals surface area contributed by atoms with Crippen LogP contribution in [0.5, 0.6) is 0 Å². The molecule has 5 heterocycles. The van der Waals surface area contributed by atoms with Gasteiger partial charge in [-0.15, -0.1) is 22.7 Å². The van der Waals surface area contributed by atoms with Gasteiger partial charge in [-0.3, -0.25) is 23.7 Å². The molecule has 2 aliphatic rings. The fraction of sp³-hybridized carbons (Fsp3) is 0.308. The van der Waals surface area contributed by atoms with Crippen molar-refractivity contribution in [3.8, 4) is 10.7 Å². The van der Waals surface area contributed by atoms with Crippen LogP contribution in [0, 0.1) is 11.8 Å². The first-order valence-corrected chi connectivity index (χ1v) is 15.7. The van der Waals surface area contributed by atoms with Gasteiger partial charge in [-0.1, -0.05) is 18.2 Å². The number of carboxylic acids is 1. The number of thiophene rings is 1. The van der Waals surface area contributed by atoms with E-state index in [1.807, 2.05) is 24.4 Å². The molecular formula is C26H24F3N5O6S3.